The van der Waals surface area contributed by atoms with Gasteiger partial charge in [0.05, 0.1) is 17.6 Å². The normalized spacial score (nSPS) is 18.0. The summed E-state index contributed by atoms with van der Waals surface area (Å²) in [5.74, 6) is 0.183. The minimum Gasteiger partial charge on any atom is -0.474 e. The minimum absolute atomic E-state index is 0.0301. The Bertz CT molecular complexity index is 1620. The van der Waals surface area contributed by atoms with E-state index < -0.39 is 23.7 Å². The number of hydrogen-bond acceptors (Lipinski definition) is 7. The molecular formula is C30H33F3N8O2. The van der Waals surface area contributed by atoms with Crippen molar-refractivity contribution in [3.63, 3.8) is 0 Å². The Hall–Kier alpha value is -4.39. The summed E-state index contributed by atoms with van der Waals surface area (Å²) in [5, 5.41) is 6.89. The molecule has 1 unspecified atom stereocenters. The van der Waals surface area contributed by atoms with E-state index in [1.54, 1.807) is 11.1 Å². The van der Waals surface area contributed by atoms with Crippen LogP contribution in [-0.4, -0.2) is 68.6 Å². The average molecular weight is 595 g/mol. The molecule has 4 aromatic heterocycles. The monoisotopic (exact) mass is 594 g/mol. The number of halogens is 3. The molecule has 13 heteroatoms. The molecule has 4 aromatic rings. The number of ether oxygens (including phenoxy) is 1. The Labute approximate surface area is 246 Å². The van der Waals surface area contributed by atoms with E-state index in [0.717, 1.165) is 53.4 Å². The lowest BCUT2D eigenvalue weighted by molar-refractivity contribution is -0.139. The Morgan fingerprint density at radius 3 is 2.72 bits per heavy atom. The summed E-state index contributed by atoms with van der Waals surface area (Å²) in [6.45, 7) is 4.21. The molecule has 0 aliphatic carbocycles. The standard InChI is InChI=1S/C30H33F3N8O2/c1-3-18-16-41(17-19-12-26(36-15-23(18)19)39-25-5-9-35-27-22(25)4-8-34-27)29(42)38-20-13-24(30(31,32)33)28(37-14-20)43-21-6-10-40(2)11-7-21/h4-5,8-9,12-15,18,21H,3,6-7,10-11,16-17H2,1-2H3,(H,38,42)(H2,34,35,36,39). The maximum Gasteiger partial charge on any atom is 0.421 e. The number of hydrogen-bond donors (Lipinski definition) is 3. The molecule has 3 N–H and O–H groups in total. The van der Waals surface area contributed by atoms with Gasteiger partial charge in [-0.25, -0.2) is 19.7 Å². The van der Waals surface area contributed by atoms with Crippen LogP contribution in [0.1, 0.15) is 48.8 Å². The topological polar surface area (TPSA) is 111 Å². The molecule has 0 bridgehead atoms. The highest BCUT2D eigenvalue weighted by Crippen LogP contribution is 2.38. The fourth-order valence-electron chi connectivity index (χ4n) is 5.71. The van der Waals surface area contributed by atoms with Crippen LogP contribution in [0, 0.1) is 0 Å². The zero-order valence-electron chi connectivity index (χ0n) is 23.9. The van der Waals surface area contributed by atoms with Crippen LogP contribution in [-0.2, 0) is 12.7 Å². The summed E-state index contributed by atoms with van der Waals surface area (Å²) in [5.41, 5.74) is 2.51. The van der Waals surface area contributed by atoms with Gasteiger partial charge in [0.15, 0.2) is 0 Å². The average Bonchev–Trinajstić information content (AvgIpc) is 3.48. The van der Waals surface area contributed by atoms with Crippen LogP contribution in [0.3, 0.4) is 0 Å². The first kappa shape index (κ1) is 28.7. The lowest BCUT2D eigenvalue weighted by Gasteiger charge is -2.34. The number of nitrogens with zero attached hydrogens (tertiary/aromatic N) is 5. The number of H-pyrrole nitrogens is 1. The van der Waals surface area contributed by atoms with Crippen LogP contribution >= 0.6 is 0 Å². The third-order valence-corrected chi connectivity index (χ3v) is 8.12. The number of anilines is 3. The predicted molar refractivity (Wildman–Crippen MR) is 156 cm³/mol. The van der Waals surface area contributed by atoms with Gasteiger partial charge in [0.1, 0.15) is 23.1 Å². The van der Waals surface area contributed by atoms with Gasteiger partial charge >= 0.3 is 12.2 Å². The van der Waals surface area contributed by atoms with E-state index in [1.165, 1.54) is 6.20 Å². The number of aromatic nitrogens is 4. The third-order valence-electron chi connectivity index (χ3n) is 8.12. The zero-order valence-corrected chi connectivity index (χ0v) is 23.9. The summed E-state index contributed by atoms with van der Waals surface area (Å²) < 4.78 is 47.7. The van der Waals surface area contributed by atoms with Gasteiger partial charge < -0.3 is 30.2 Å². The van der Waals surface area contributed by atoms with Crippen LogP contribution in [0.15, 0.2) is 49.1 Å². The highest BCUT2D eigenvalue weighted by atomic mass is 19.4. The fourth-order valence-corrected chi connectivity index (χ4v) is 5.71. The van der Waals surface area contributed by atoms with Crippen LogP contribution < -0.4 is 15.4 Å². The molecule has 0 aromatic carbocycles. The number of amides is 2. The van der Waals surface area contributed by atoms with Crippen LogP contribution in [0.25, 0.3) is 11.0 Å². The number of fused-ring (bicyclic) bond motifs is 2. The summed E-state index contributed by atoms with van der Waals surface area (Å²) in [6.07, 6.45) is 3.54. The second-order valence-corrected chi connectivity index (χ2v) is 11.1. The maximum atomic E-state index is 14.0. The summed E-state index contributed by atoms with van der Waals surface area (Å²) >= 11 is 0. The van der Waals surface area contributed by atoms with Gasteiger partial charge in [0, 0.05) is 56.1 Å². The summed E-state index contributed by atoms with van der Waals surface area (Å²) in [4.78, 5) is 33.0. The van der Waals surface area contributed by atoms with Crippen molar-refractivity contribution < 1.29 is 22.7 Å². The predicted octanol–water partition coefficient (Wildman–Crippen LogP) is 6.13. The molecule has 226 valence electrons. The molecular weight excluding hydrogens is 561 g/mol. The number of pyridine rings is 3. The molecule has 43 heavy (non-hydrogen) atoms. The van der Waals surface area contributed by atoms with Gasteiger partial charge in [-0.1, -0.05) is 6.92 Å². The van der Waals surface area contributed by atoms with Crippen molar-refractivity contribution in [1.82, 2.24) is 29.7 Å². The van der Waals surface area contributed by atoms with Crippen molar-refractivity contribution in [2.24, 2.45) is 0 Å². The number of likely N-dealkylation sites (tertiary alicyclic amines) is 1. The van der Waals surface area contributed by atoms with Gasteiger partial charge in [-0.05, 0) is 61.7 Å². The summed E-state index contributed by atoms with van der Waals surface area (Å²) in [6, 6.07) is 6.09. The SMILES string of the molecule is CCC1CN(C(=O)Nc2cnc(OC3CCN(C)CC3)c(C(F)(F)F)c2)Cc2cc(Nc3ccnc4[nH]ccc34)ncc21. The van der Waals surface area contributed by atoms with Gasteiger partial charge in [-0.3, -0.25) is 0 Å². The molecule has 1 atom stereocenters. The Kier molecular flexibility index (Phi) is 7.82. The van der Waals surface area contributed by atoms with Crippen molar-refractivity contribution >= 4 is 34.3 Å². The molecule has 2 amide bonds. The lowest BCUT2D eigenvalue weighted by Crippen LogP contribution is -2.41. The van der Waals surface area contributed by atoms with Crippen molar-refractivity contribution in [2.45, 2.75) is 50.9 Å². The number of alkyl halides is 3. The first-order valence-electron chi connectivity index (χ1n) is 14.3. The second-order valence-electron chi connectivity index (χ2n) is 11.1. The van der Waals surface area contributed by atoms with Crippen LogP contribution in [0.4, 0.5) is 35.2 Å². The molecule has 6 rings (SSSR count). The number of urea groups is 1. The Balaban J connectivity index is 1.19. The molecule has 10 nitrogen and oxygen atoms in total. The molecule has 1 saturated heterocycles. The number of aromatic amines is 1. The largest absolute Gasteiger partial charge is 0.474 e. The molecule has 0 spiro atoms. The van der Waals surface area contributed by atoms with Crippen molar-refractivity contribution in [2.75, 3.05) is 37.3 Å². The highest BCUT2D eigenvalue weighted by molar-refractivity contribution is 5.91. The van der Waals surface area contributed by atoms with E-state index in [9.17, 15) is 18.0 Å². The van der Waals surface area contributed by atoms with E-state index in [4.69, 9.17) is 4.74 Å². The van der Waals surface area contributed by atoms with Crippen molar-refractivity contribution in [1.29, 1.82) is 0 Å². The van der Waals surface area contributed by atoms with Crippen LogP contribution in [0.5, 0.6) is 5.88 Å². The van der Waals surface area contributed by atoms with Crippen LogP contribution in [0.2, 0.25) is 0 Å². The molecule has 0 radical (unpaired) electrons. The third kappa shape index (κ3) is 6.21. The van der Waals surface area contributed by atoms with E-state index in [2.05, 4.69) is 35.5 Å². The van der Waals surface area contributed by atoms with E-state index in [-0.39, 0.29) is 24.3 Å². The molecule has 6 heterocycles. The molecule has 1 fully saturated rings. The first-order chi connectivity index (χ1) is 20.7. The Morgan fingerprint density at radius 1 is 1.14 bits per heavy atom. The van der Waals surface area contributed by atoms with Gasteiger partial charge in [0.25, 0.3) is 0 Å². The molecule has 2 aliphatic rings. The molecule has 2 aliphatic heterocycles. The van der Waals surface area contributed by atoms with Gasteiger partial charge in [-0.15, -0.1) is 0 Å². The lowest BCUT2D eigenvalue weighted by atomic mass is 9.89. The number of nitrogens with one attached hydrogen (secondary N) is 3. The number of rotatable bonds is 6. The van der Waals surface area contributed by atoms with Crippen molar-refractivity contribution in [3.05, 3.63) is 65.7 Å². The maximum absolute atomic E-state index is 14.0. The van der Waals surface area contributed by atoms with Gasteiger partial charge in [-0.2, -0.15) is 13.2 Å². The van der Waals surface area contributed by atoms with Gasteiger partial charge in [0.2, 0.25) is 5.88 Å². The van der Waals surface area contributed by atoms with E-state index >= 15 is 0 Å². The smallest absolute Gasteiger partial charge is 0.421 e. The molecule has 0 saturated carbocycles. The van der Waals surface area contributed by atoms with E-state index in [0.29, 0.717) is 25.2 Å². The Morgan fingerprint density at radius 2 is 1.95 bits per heavy atom. The second kappa shape index (κ2) is 11.7. The fraction of sp³-hybridized carbons (Fsp3) is 0.400. The highest BCUT2D eigenvalue weighted by Gasteiger charge is 2.37. The number of carbonyl (C=O) groups excluding carboxylic acids is 1. The number of carbonyl (C=O) groups is 1. The zero-order chi connectivity index (χ0) is 30.1. The van der Waals surface area contributed by atoms with E-state index in [1.807, 2.05) is 44.6 Å². The quantitative estimate of drug-likeness (QED) is 0.246. The first-order valence-corrected chi connectivity index (χ1v) is 14.3. The minimum atomic E-state index is -4.69. The van der Waals surface area contributed by atoms with Crippen molar-refractivity contribution in [3.8, 4) is 5.88 Å². The number of piperidine rings is 1. The summed E-state index contributed by atoms with van der Waals surface area (Å²) in [7, 11) is 1.96.